The summed E-state index contributed by atoms with van der Waals surface area (Å²) in [5.74, 6) is 0. The number of rotatable bonds is 0. The summed E-state index contributed by atoms with van der Waals surface area (Å²) in [4.78, 5) is 0. The van der Waals surface area contributed by atoms with Crippen molar-refractivity contribution in [3.05, 3.63) is 0 Å². The van der Waals surface area contributed by atoms with E-state index in [1.807, 2.05) is 0 Å². The standard InChI is InChI=1S/3C3H10Si.As/c3*1-4(2)3;/h3*4H,1-3H3;. The van der Waals surface area contributed by atoms with Crippen LogP contribution in [0.15, 0.2) is 0 Å². The van der Waals surface area contributed by atoms with E-state index < -0.39 is 0 Å². The maximum Gasteiger partial charge on any atom is 0.0274 e. The Morgan fingerprint density at radius 2 is 0.385 bits per heavy atom. The minimum absolute atomic E-state index is 0. The summed E-state index contributed by atoms with van der Waals surface area (Å²) < 4.78 is 0. The first-order valence-electron chi connectivity index (χ1n) is 5.20. The first kappa shape index (κ1) is 23.8. The van der Waals surface area contributed by atoms with Gasteiger partial charge in [-0.3, -0.25) is 0 Å². The fourth-order valence-corrected chi connectivity index (χ4v) is 0. The van der Waals surface area contributed by atoms with Crippen molar-refractivity contribution in [1.29, 1.82) is 0 Å². The molecule has 0 heterocycles. The van der Waals surface area contributed by atoms with Gasteiger partial charge >= 0.3 is 0 Å². The largest absolute Gasteiger partial charge is 0.0724 e. The Labute approximate surface area is 103 Å². The molecule has 0 rings (SSSR count). The van der Waals surface area contributed by atoms with Crippen molar-refractivity contribution in [2.75, 3.05) is 0 Å². The van der Waals surface area contributed by atoms with Crippen molar-refractivity contribution in [2.45, 2.75) is 58.9 Å². The molecule has 13 heavy (non-hydrogen) atoms. The van der Waals surface area contributed by atoms with E-state index in [9.17, 15) is 0 Å². The predicted molar refractivity (Wildman–Crippen MR) is 80.0 cm³/mol. The zero-order chi connectivity index (χ0) is 10.7. The Morgan fingerprint density at radius 3 is 0.385 bits per heavy atom. The minimum atomic E-state index is -0.139. The molecule has 0 N–H and O–H groups in total. The van der Waals surface area contributed by atoms with Gasteiger partial charge in [-0.15, -0.1) is 0 Å². The van der Waals surface area contributed by atoms with Gasteiger partial charge in [-0.2, -0.15) is 0 Å². The summed E-state index contributed by atoms with van der Waals surface area (Å²) in [6, 6.07) is 0. The van der Waals surface area contributed by atoms with Crippen LogP contribution in [0, 0.1) is 0 Å². The van der Waals surface area contributed by atoms with Gasteiger partial charge in [0, 0.05) is 44.3 Å². The summed E-state index contributed by atoms with van der Waals surface area (Å²) in [6.07, 6.45) is 0. The van der Waals surface area contributed by atoms with Crippen LogP contribution in [-0.4, -0.2) is 44.3 Å². The molecule has 0 aliphatic carbocycles. The predicted octanol–water partition coefficient (Wildman–Crippen LogP) is 2.93. The molecule has 0 bridgehead atoms. The Hall–Kier alpha value is 1.21. The second-order valence-corrected chi connectivity index (χ2v) is 15.6. The van der Waals surface area contributed by atoms with Gasteiger partial charge in [0.2, 0.25) is 0 Å². The molecule has 0 aromatic heterocycles. The SMILES string of the molecule is C[SiH](C)C.C[SiH](C)C.C[SiH](C)C.[As]. The Morgan fingerprint density at radius 1 is 0.385 bits per heavy atom. The maximum atomic E-state index is 2.31. The van der Waals surface area contributed by atoms with E-state index in [1.54, 1.807) is 0 Å². The summed E-state index contributed by atoms with van der Waals surface area (Å²) in [7, 11) is -0.417. The van der Waals surface area contributed by atoms with Crippen LogP contribution in [0.25, 0.3) is 0 Å². The molecule has 83 valence electrons. The molecule has 0 amide bonds. The normalized spacial score (nSPS) is 8.31. The number of hydrogen-bond acceptors (Lipinski definition) is 0. The average Bonchev–Trinajstić information content (AvgIpc) is 1.54. The summed E-state index contributed by atoms with van der Waals surface area (Å²) in [6.45, 7) is 20.8. The van der Waals surface area contributed by atoms with Crippen molar-refractivity contribution < 1.29 is 0 Å². The molecule has 4 heteroatoms. The smallest absolute Gasteiger partial charge is 0.0274 e. The van der Waals surface area contributed by atoms with Gasteiger partial charge in [-0.1, -0.05) is 58.9 Å². The third kappa shape index (κ3) is 1140. The molecular weight excluding hydrogens is 267 g/mol. The van der Waals surface area contributed by atoms with Gasteiger partial charge in [-0.05, 0) is 0 Å². The molecule has 0 aliphatic heterocycles. The molecule has 0 nitrogen and oxygen atoms in total. The zero-order valence-corrected chi connectivity index (χ0v) is 16.5. The zero-order valence-electron chi connectivity index (χ0n) is 11.2. The van der Waals surface area contributed by atoms with Crippen LogP contribution in [-0.2, 0) is 0 Å². The third-order valence-corrected chi connectivity index (χ3v) is 0. The van der Waals surface area contributed by atoms with Crippen molar-refractivity contribution in [3.63, 3.8) is 0 Å². The second kappa shape index (κ2) is 18.9. The topological polar surface area (TPSA) is 0 Å². The maximum absolute atomic E-state index is 2.31. The van der Waals surface area contributed by atoms with Crippen LogP contribution in [0.1, 0.15) is 0 Å². The van der Waals surface area contributed by atoms with Crippen LogP contribution >= 0.6 is 0 Å². The second-order valence-electron chi connectivity index (χ2n) is 5.20. The first-order chi connectivity index (χ1) is 5.20. The summed E-state index contributed by atoms with van der Waals surface area (Å²) in [5.41, 5.74) is 0. The first-order valence-corrected chi connectivity index (χ1v) is 15.6. The van der Waals surface area contributed by atoms with Gasteiger partial charge in [0.25, 0.3) is 0 Å². The van der Waals surface area contributed by atoms with E-state index in [-0.39, 0.29) is 44.3 Å². The molecule has 0 spiro atoms. The quantitative estimate of drug-likeness (QED) is 0.603. The fourth-order valence-electron chi connectivity index (χ4n) is 0. The number of hydrogen-bond donors (Lipinski definition) is 0. The van der Waals surface area contributed by atoms with Crippen molar-refractivity contribution in [3.8, 4) is 0 Å². The van der Waals surface area contributed by atoms with Crippen LogP contribution in [0.4, 0.5) is 0 Å². The van der Waals surface area contributed by atoms with E-state index in [2.05, 4.69) is 58.9 Å². The Balaban J connectivity index is -0.0000000450. The molecule has 0 unspecified atom stereocenters. The molecular formula is C9H30AsSi3. The van der Waals surface area contributed by atoms with E-state index in [0.717, 1.165) is 0 Å². The molecule has 0 aliphatic rings. The molecule has 0 aromatic rings. The van der Waals surface area contributed by atoms with E-state index in [1.165, 1.54) is 0 Å². The summed E-state index contributed by atoms with van der Waals surface area (Å²) in [5, 5.41) is 0. The van der Waals surface area contributed by atoms with Gasteiger partial charge < -0.3 is 0 Å². The van der Waals surface area contributed by atoms with E-state index >= 15 is 0 Å². The van der Waals surface area contributed by atoms with Crippen LogP contribution in [0.2, 0.25) is 58.9 Å². The van der Waals surface area contributed by atoms with Crippen LogP contribution in [0.3, 0.4) is 0 Å². The summed E-state index contributed by atoms with van der Waals surface area (Å²) >= 11 is 0. The van der Waals surface area contributed by atoms with Gasteiger partial charge in [-0.25, -0.2) is 0 Å². The third-order valence-electron chi connectivity index (χ3n) is 0. The monoisotopic (exact) mass is 297 g/mol. The van der Waals surface area contributed by atoms with Crippen molar-refractivity contribution >= 4 is 44.3 Å². The fraction of sp³-hybridized carbons (Fsp3) is 1.00. The Kier molecular flexibility index (Phi) is 34.6. The van der Waals surface area contributed by atoms with Gasteiger partial charge in [0.1, 0.15) is 0 Å². The van der Waals surface area contributed by atoms with Crippen LogP contribution in [0.5, 0.6) is 0 Å². The molecule has 0 atom stereocenters. The van der Waals surface area contributed by atoms with E-state index in [4.69, 9.17) is 0 Å². The molecule has 0 aromatic carbocycles. The molecule has 0 saturated carbocycles. The van der Waals surface area contributed by atoms with Crippen LogP contribution < -0.4 is 0 Å². The Bertz CT molecular complexity index is 43.4. The van der Waals surface area contributed by atoms with Crippen molar-refractivity contribution in [2.24, 2.45) is 0 Å². The molecule has 0 fully saturated rings. The van der Waals surface area contributed by atoms with Crippen molar-refractivity contribution in [1.82, 2.24) is 0 Å². The van der Waals surface area contributed by atoms with Gasteiger partial charge in [0.15, 0.2) is 0 Å². The molecule has 3 radical (unpaired) electrons. The van der Waals surface area contributed by atoms with E-state index in [0.29, 0.717) is 0 Å². The minimum Gasteiger partial charge on any atom is -0.0724 e. The average molecular weight is 298 g/mol. The molecule has 0 saturated heterocycles. The van der Waals surface area contributed by atoms with Gasteiger partial charge in [0.05, 0.1) is 0 Å².